The van der Waals surface area contributed by atoms with Crippen LogP contribution in [-0.4, -0.2) is 45.9 Å². The Morgan fingerprint density at radius 2 is 1.48 bits per heavy atom. The number of halogens is 7. The Morgan fingerprint density at radius 1 is 1.00 bits per heavy atom. The zero-order valence-corrected chi connectivity index (χ0v) is 14.8. The Bertz CT molecular complexity index is 569. The number of benzene rings is 1. The smallest absolute Gasteiger partial charge is 0.428 e. The highest BCUT2D eigenvalue weighted by Gasteiger charge is 2.57. The number of aromatic hydroxyl groups is 1. The summed E-state index contributed by atoms with van der Waals surface area (Å²) in [6, 6.07) is 4.76. The molecule has 1 atom stereocenters. The summed E-state index contributed by atoms with van der Waals surface area (Å²) >= 11 is 0. The average molecular weight is 409 g/mol. The Labute approximate surface area is 151 Å². The molecule has 0 fully saturated rings. The molecule has 0 saturated carbocycles. The third-order valence-corrected chi connectivity index (χ3v) is 3.06. The summed E-state index contributed by atoms with van der Waals surface area (Å²) < 4.78 is 76.3. The van der Waals surface area contributed by atoms with Crippen LogP contribution < -0.4 is 5.32 Å². The van der Waals surface area contributed by atoms with Crippen LogP contribution >= 0.6 is 0 Å². The van der Waals surface area contributed by atoms with Gasteiger partial charge < -0.3 is 20.6 Å². The quantitative estimate of drug-likeness (QED) is 0.572. The van der Waals surface area contributed by atoms with Crippen molar-refractivity contribution in [1.29, 1.82) is 0 Å². The van der Waals surface area contributed by atoms with Crippen LogP contribution in [0.15, 0.2) is 18.2 Å². The van der Waals surface area contributed by atoms with Crippen LogP contribution in [0, 0.1) is 0 Å². The molecular weight excluding hydrogens is 387 g/mol. The normalized spacial score (nSPS) is 14.0. The van der Waals surface area contributed by atoms with E-state index in [1.54, 1.807) is 12.1 Å². The van der Waals surface area contributed by atoms with E-state index in [1.165, 1.54) is 6.07 Å². The number of rotatable bonds is 4. The van der Waals surface area contributed by atoms with Gasteiger partial charge in [-0.05, 0) is 38.5 Å². The minimum Gasteiger partial charge on any atom is -0.508 e. The summed E-state index contributed by atoms with van der Waals surface area (Å²) in [4.78, 5) is 0. The standard InChI is InChI=1S/C13H21NO3.C3HF7/c1-13(2,3)14-7-12(17)9-4-5-11(16)10(6-9)8-15;4-1(2(5,6)7)3(8,9)10/h4-6,12,14-17H,7-8H2,1-3H3;1H. The first-order valence-corrected chi connectivity index (χ1v) is 7.62. The Kier molecular flexibility index (Phi) is 9.00. The first kappa shape index (κ1) is 25.4. The van der Waals surface area contributed by atoms with Crippen LogP contribution in [-0.2, 0) is 6.61 Å². The molecule has 27 heavy (non-hydrogen) atoms. The highest BCUT2D eigenvalue weighted by Crippen LogP contribution is 2.35. The topological polar surface area (TPSA) is 72.7 Å². The van der Waals surface area contributed by atoms with Crippen molar-refractivity contribution in [3.63, 3.8) is 0 Å². The maximum absolute atomic E-state index is 11.2. The molecule has 4 nitrogen and oxygen atoms in total. The lowest BCUT2D eigenvalue weighted by molar-refractivity contribution is -0.285. The molecule has 0 amide bonds. The van der Waals surface area contributed by atoms with Crippen LogP contribution in [0.2, 0.25) is 0 Å². The Hall–Kier alpha value is -1.59. The number of aliphatic hydroxyl groups excluding tert-OH is 2. The van der Waals surface area contributed by atoms with Crippen molar-refractivity contribution in [3.05, 3.63) is 29.3 Å². The van der Waals surface area contributed by atoms with E-state index in [9.17, 15) is 40.9 Å². The third-order valence-electron chi connectivity index (χ3n) is 3.06. The van der Waals surface area contributed by atoms with Crippen LogP contribution in [0.4, 0.5) is 30.7 Å². The van der Waals surface area contributed by atoms with E-state index in [-0.39, 0.29) is 17.9 Å². The number of hydrogen-bond acceptors (Lipinski definition) is 4. The van der Waals surface area contributed by atoms with Gasteiger partial charge in [-0.2, -0.15) is 26.3 Å². The second-order valence-electron chi connectivity index (χ2n) is 6.64. The van der Waals surface area contributed by atoms with Crippen molar-refractivity contribution >= 4 is 0 Å². The van der Waals surface area contributed by atoms with Crippen molar-refractivity contribution in [2.24, 2.45) is 0 Å². The van der Waals surface area contributed by atoms with E-state index in [2.05, 4.69) is 5.32 Å². The van der Waals surface area contributed by atoms with E-state index >= 15 is 0 Å². The number of aliphatic hydroxyl groups is 2. The zero-order valence-electron chi connectivity index (χ0n) is 14.8. The molecule has 1 aromatic rings. The molecule has 4 N–H and O–H groups in total. The van der Waals surface area contributed by atoms with Crippen molar-refractivity contribution < 1.29 is 46.1 Å². The van der Waals surface area contributed by atoms with Gasteiger partial charge in [-0.25, -0.2) is 4.39 Å². The van der Waals surface area contributed by atoms with Crippen molar-refractivity contribution in [2.45, 2.75) is 57.5 Å². The lowest BCUT2D eigenvalue weighted by Gasteiger charge is -2.23. The third kappa shape index (κ3) is 9.78. The first-order chi connectivity index (χ1) is 12.0. The molecular formula is C16H22F7NO3. The van der Waals surface area contributed by atoms with Crippen LogP contribution in [0.5, 0.6) is 5.75 Å². The molecule has 1 aromatic carbocycles. The monoisotopic (exact) mass is 409 g/mol. The number of β-amino-alcohol motifs (C(OH)–C–C–N with tert-alkyl or cyclic N) is 1. The lowest BCUT2D eigenvalue weighted by Crippen LogP contribution is -2.38. The van der Waals surface area contributed by atoms with Crippen molar-refractivity contribution in [1.82, 2.24) is 5.32 Å². The second-order valence-corrected chi connectivity index (χ2v) is 6.64. The summed E-state index contributed by atoms with van der Waals surface area (Å²) in [5, 5.41) is 31.6. The minimum absolute atomic E-state index is 0.0484. The molecule has 1 unspecified atom stereocenters. The van der Waals surface area contributed by atoms with E-state index in [0.717, 1.165) is 0 Å². The van der Waals surface area contributed by atoms with Gasteiger partial charge in [0, 0.05) is 17.6 Å². The molecule has 0 radical (unpaired) electrons. The van der Waals surface area contributed by atoms with Crippen LogP contribution in [0.3, 0.4) is 0 Å². The van der Waals surface area contributed by atoms with E-state index in [4.69, 9.17) is 5.11 Å². The maximum Gasteiger partial charge on any atom is 0.428 e. The SMILES string of the molecule is CC(C)(C)NCC(O)c1ccc(O)c(CO)c1.FC(C(F)(F)F)C(F)(F)F. The summed E-state index contributed by atoms with van der Waals surface area (Å²) in [7, 11) is 0. The number of nitrogens with one attached hydrogen (secondary N) is 1. The van der Waals surface area contributed by atoms with Crippen LogP contribution in [0.1, 0.15) is 38.0 Å². The summed E-state index contributed by atoms with van der Waals surface area (Å²) in [5.41, 5.74) is 1.05. The number of hydrogen-bond donors (Lipinski definition) is 4. The fourth-order valence-electron chi connectivity index (χ4n) is 1.65. The van der Waals surface area contributed by atoms with Crippen molar-refractivity contribution in [3.8, 4) is 5.75 Å². The maximum atomic E-state index is 11.2. The minimum atomic E-state index is -5.85. The average Bonchev–Trinajstić information content (AvgIpc) is 2.50. The van der Waals surface area contributed by atoms with Crippen LogP contribution in [0.25, 0.3) is 0 Å². The highest BCUT2D eigenvalue weighted by molar-refractivity contribution is 5.36. The number of alkyl halides is 7. The molecule has 0 aliphatic rings. The van der Waals surface area contributed by atoms with Gasteiger partial charge in [0.2, 0.25) is 0 Å². The molecule has 0 spiro atoms. The van der Waals surface area contributed by atoms with E-state index in [1.807, 2.05) is 20.8 Å². The van der Waals surface area contributed by atoms with Gasteiger partial charge >= 0.3 is 12.4 Å². The Morgan fingerprint density at radius 3 is 1.81 bits per heavy atom. The molecule has 0 aromatic heterocycles. The fraction of sp³-hybridized carbons (Fsp3) is 0.625. The summed E-state index contributed by atoms with van der Waals surface area (Å²) in [5.74, 6) is 0.0484. The van der Waals surface area contributed by atoms with Gasteiger partial charge in [0.05, 0.1) is 12.7 Å². The first-order valence-electron chi connectivity index (χ1n) is 7.62. The van der Waals surface area contributed by atoms with E-state index in [0.29, 0.717) is 17.7 Å². The molecule has 11 heteroatoms. The molecule has 0 saturated heterocycles. The summed E-state index contributed by atoms with van der Waals surface area (Å²) in [6.07, 6.45) is -17.1. The fourth-order valence-corrected chi connectivity index (χ4v) is 1.65. The molecule has 0 bridgehead atoms. The second kappa shape index (κ2) is 9.56. The zero-order chi connectivity index (χ0) is 21.6. The van der Waals surface area contributed by atoms with E-state index < -0.39 is 24.6 Å². The van der Waals surface area contributed by atoms with Gasteiger partial charge in [-0.15, -0.1) is 0 Å². The predicted octanol–water partition coefficient (Wildman–Crippen LogP) is 3.76. The lowest BCUT2D eigenvalue weighted by atomic mass is 10.0. The molecule has 0 aliphatic carbocycles. The van der Waals surface area contributed by atoms with Gasteiger partial charge in [-0.3, -0.25) is 0 Å². The van der Waals surface area contributed by atoms with Gasteiger partial charge in [0.25, 0.3) is 6.17 Å². The largest absolute Gasteiger partial charge is 0.508 e. The van der Waals surface area contributed by atoms with Gasteiger partial charge in [-0.1, -0.05) is 6.07 Å². The predicted molar refractivity (Wildman–Crippen MR) is 83.8 cm³/mol. The molecule has 0 aliphatic heterocycles. The van der Waals surface area contributed by atoms with Crippen molar-refractivity contribution in [2.75, 3.05) is 6.54 Å². The van der Waals surface area contributed by atoms with Gasteiger partial charge in [0.1, 0.15) is 5.75 Å². The molecule has 158 valence electrons. The highest BCUT2D eigenvalue weighted by atomic mass is 19.4. The Balaban J connectivity index is 0.000000580. The molecule has 1 rings (SSSR count). The number of phenols is 1. The molecule has 0 heterocycles. The summed E-state index contributed by atoms with van der Waals surface area (Å²) in [6.45, 7) is 6.26. The van der Waals surface area contributed by atoms with Gasteiger partial charge in [0.15, 0.2) is 0 Å².